The molecule has 0 aliphatic carbocycles. The second-order valence-electron chi connectivity index (χ2n) is 5.94. The molecular formula is C19H15NO4S. The Labute approximate surface area is 146 Å². The predicted octanol–water partition coefficient (Wildman–Crippen LogP) is 4.15. The second-order valence-corrected chi connectivity index (χ2v) is 6.99. The number of amides is 1. The number of rotatable bonds is 3. The van der Waals surface area contributed by atoms with Crippen LogP contribution in [-0.4, -0.2) is 5.91 Å². The molecule has 126 valence electrons. The van der Waals surface area contributed by atoms with Crippen molar-refractivity contribution < 1.29 is 13.6 Å². The van der Waals surface area contributed by atoms with E-state index in [9.17, 15) is 9.59 Å². The van der Waals surface area contributed by atoms with Gasteiger partial charge in [-0.25, -0.2) is 4.79 Å². The Kier molecular flexibility index (Phi) is 3.69. The third-order valence-corrected chi connectivity index (χ3v) is 5.14. The minimum atomic E-state index is -0.427. The number of aryl methyl sites for hydroxylation is 2. The summed E-state index contributed by atoms with van der Waals surface area (Å²) >= 11 is 1.30. The first kappa shape index (κ1) is 15.7. The minimum absolute atomic E-state index is 0.240. The highest BCUT2D eigenvalue weighted by molar-refractivity contribution is 7.21. The lowest BCUT2D eigenvalue weighted by Gasteiger charge is -2.00. The minimum Gasteiger partial charge on any atom is -0.465 e. The van der Waals surface area contributed by atoms with E-state index in [1.165, 1.54) is 11.3 Å². The van der Waals surface area contributed by atoms with E-state index >= 15 is 0 Å². The van der Waals surface area contributed by atoms with Gasteiger partial charge in [0.15, 0.2) is 0 Å². The fourth-order valence-corrected chi connectivity index (χ4v) is 3.84. The predicted molar refractivity (Wildman–Crippen MR) is 97.2 cm³/mol. The Morgan fingerprint density at radius 2 is 1.92 bits per heavy atom. The van der Waals surface area contributed by atoms with Crippen molar-refractivity contribution in [1.29, 1.82) is 0 Å². The molecule has 0 aliphatic rings. The summed E-state index contributed by atoms with van der Waals surface area (Å²) in [5.41, 5.74) is 1.17. The lowest BCUT2D eigenvalue weighted by molar-refractivity contribution is 0.0952. The van der Waals surface area contributed by atoms with Gasteiger partial charge in [0.1, 0.15) is 17.1 Å². The maximum atomic E-state index is 12.4. The smallest absolute Gasteiger partial charge is 0.345 e. The van der Waals surface area contributed by atoms with Gasteiger partial charge in [0.2, 0.25) is 0 Å². The molecule has 6 heteroatoms. The molecule has 0 radical (unpaired) electrons. The quantitative estimate of drug-likeness (QED) is 0.562. The van der Waals surface area contributed by atoms with E-state index in [0.29, 0.717) is 28.2 Å². The van der Waals surface area contributed by atoms with Crippen LogP contribution in [0.3, 0.4) is 0 Å². The van der Waals surface area contributed by atoms with E-state index in [0.717, 1.165) is 21.4 Å². The lowest BCUT2D eigenvalue weighted by Crippen LogP contribution is -2.21. The molecule has 0 unspecified atom stereocenters. The molecule has 3 aromatic heterocycles. The fourth-order valence-electron chi connectivity index (χ4n) is 2.75. The van der Waals surface area contributed by atoms with Crippen molar-refractivity contribution >= 4 is 38.3 Å². The molecule has 4 aromatic rings. The van der Waals surface area contributed by atoms with Crippen molar-refractivity contribution in [1.82, 2.24) is 5.32 Å². The fraction of sp³-hybridized carbons (Fsp3) is 0.158. The first-order valence-electron chi connectivity index (χ1n) is 7.82. The summed E-state index contributed by atoms with van der Waals surface area (Å²) in [4.78, 5) is 25.1. The summed E-state index contributed by atoms with van der Waals surface area (Å²) in [6.07, 6.45) is 0. The molecule has 0 fully saturated rings. The third kappa shape index (κ3) is 2.85. The summed E-state index contributed by atoms with van der Waals surface area (Å²) in [5.74, 6) is 1.24. The Bertz CT molecular complexity index is 1170. The van der Waals surface area contributed by atoms with Gasteiger partial charge in [0.25, 0.3) is 5.91 Å². The second kappa shape index (κ2) is 5.89. The molecule has 0 saturated heterocycles. The molecule has 1 amide bonds. The summed E-state index contributed by atoms with van der Waals surface area (Å²) in [5, 5.41) is 4.09. The highest BCUT2D eigenvalue weighted by atomic mass is 32.1. The largest absolute Gasteiger partial charge is 0.465 e. The molecule has 25 heavy (non-hydrogen) atoms. The molecule has 0 saturated carbocycles. The third-order valence-electron chi connectivity index (χ3n) is 3.98. The van der Waals surface area contributed by atoms with Crippen LogP contribution in [0.2, 0.25) is 0 Å². The van der Waals surface area contributed by atoms with E-state index in [4.69, 9.17) is 8.83 Å². The van der Waals surface area contributed by atoms with Crippen LogP contribution < -0.4 is 10.9 Å². The Hall–Kier alpha value is -2.86. The van der Waals surface area contributed by atoms with Crippen molar-refractivity contribution in [3.8, 4) is 0 Å². The van der Waals surface area contributed by atoms with Crippen LogP contribution in [0.5, 0.6) is 0 Å². The zero-order valence-electron chi connectivity index (χ0n) is 13.7. The topological polar surface area (TPSA) is 72.5 Å². The normalized spacial score (nSPS) is 11.3. The number of nitrogens with one attached hydrogen (secondary N) is 1. The SMILES string of the molecule is Cc1ccc2oc(=O)c3cc(C(=O)NCc4ccc(C)o4)sc3c2c1. The summed E-state index contributed by atoms with van der Waals surface area (Å²) < 4.78 is 11.6. The van der Waals surface area contributed by atoms with Gasteiger partial charge >= 0.3 is 5.63 Å². The maximum absolute atomic E-state index is 12.4. The molecule has 4 rings (SSSR count). The highest BCUT2D eigenvalue weighted by Crippen LogP contribution is 2.31. The summed E-state index contributed by atoms with van der Waals surface area (Å²) in [6, 6.07) is 10.9. The van der Waals surface area contributed by atoms with Crippen LogP contribution in [0.25, 0.3) is 21.1 Å². The van der Waals surface area contributed by atoms with Crippen molar-refractivity contribution in [3.05, 3.63) is 68.8 Å². The maximum Gasteiger partial charge on any atom is 0.345 e. The Morgan fingerprint density at radius 3 is 2.68 bits per heavy atom. The zero-order chi connectivity index (χ0) is 17.6. The van der Waals surface area contributed by atoms with E-state index in [1.54, 1.807) is 12.1 Å². The van der Waals surface area contributed by atoms with Gasteiger partial charge in [-0.3, -0.25) is 4.79 Å². The molecule has 5 nitrogen and oxygen atoms in total. The molecule has 0 bridgehead atoms. The van der Waals surface area contributed by atoms with Gasteiger partial charge in [-0.15, -0.1) is 11.3 Å². The van der Waals surface area contributed by atoms with E-state index in [-0.39, 0.29) is 5.91 Å². The molecule has 0 aliphatic heterocycles. The first-order chi connectivity index (χ1) is 12.0. The van der Waals surface area contributed by atoms with Gasteiger partial charge in [0, 0.05) is 5.39 Å². The van der Waals surface area contributed by atoms with Crippen molar-refractivity contribution in [2.24, 2.45) is 0 Å². The van der Waals surface area contributed by atoms with Crippen LogP contribution in [0.1, 0.15) is 26.8 Å². The van der Waals surface area contributed by atoms with Gasteiger partial charge in [-0.2, -0.15) is 0 Å². The van der Waals surface area contributed by atoms with E-state index in [1.807, 2.05) is 38.1 Å². The number of hydrogen-bond donors (Lipinski definition) is 1. The number of carbonyl (C=O) groups is 1. The number of hydrogen-bond acceptors (Lipinski definition) is 5. The van der Waals surface area contributed by atoms with Crippen LogP contribution in [0.4, 0.5) is 0 Å². The van der Waals surface area contributed by atoms with Gasteiger partial charge in [0.05, 0.1) is 21.5 Å². The summed E-state index contributed by atoms with van der Waals surface area (Å²) in [7, 11) is 0. The molecule has 3 heterocycles. The van der Waals surface area contributed by atoms with Crippen molar-refractivity contribution in [2.45, 2.75) is 20.4 Å². The lowest BCUT2D eigenvalue weighted by atomic mass is 10.1. The van der Waals surface area contributed by atoms with Crippen LogP contribution in [-0.2, 0) is 6.54 Å². The van der Waals surface area contributed by atoms with E-state index < -0.39 is 5.63 Å². The Morgan fingerprint density at radius 1 is 1.08 bits per heavy atom. The average Bonchev–Trinajstić information content (AvgIpc) is 3.20. The highest BCUT2D eigenvalue weighted by Gasteiger charge is 2.16. The van der Waals surface area contributed by atoms with Crippen LogP contribution in [0.15, 0.2) is 50.0 Å². The standard InChI is InChI=1S/C19H15NO4S/c1-10-3-6-15-13(7-10)17-14(19(22)24-15)8-16(25-17)18(21)20-9-12-5-4-11(2)23-12/h3-8H,9H2,1-2H3,(H,20,21). The van der Waals surface area contributed by atoms with Crippen LogP contribution in [0, 0.1) is 13.8 Å². The zero-order valence-corrected chi connectivity index (χ0v) is 14.5. The molecule has 1 N–H and O–H groups in total. The number of thiophene rings is 1. The number of carbonyl (C=O) groups excluding carboxylic acids is 1. The first-order valence-corrected chi connectivity index (χ1v) is 8.63. The van der Waals surface area contributed by atoms with E-state index in [2.05, 4.69) is 5.32 Å². The summed E-state index contributed by atoms with van der Waals surface area (Å²) in [6.45, 7) is 4.13. The molecule has 0 spiro atoms. The Balaban J connectivity index is 1.71. The van der Waals surface area contributed by atoms with Gasteiger partial charge in [-0.1, -0.05) is 11.6 Å². The molecule has 1 aromatic carbocycles. The number of fused-ring (bicyclic) bond motifs is 3. The number of furan rings is 1. The van der Waals surface area contributed by atoms with Crippen molar-refractivity contribution in [2.75, 3.05) is 0 Å². The molecular weight excluding hydrogens is 338 g/mol. The molecule has 0 atom stereocenters. The van der Waals surface area contributed by atoms with Gasteiger partial charge < -0.3 is 14.2 Å². The van der Waals surface area contributed by atoms with Crippen molar-refractivity contribution in [3.63, 3.8) is 0 Å². The monoisotopic (exact) mass is 353 g/mol. The van der Waals surface area contributed by atoms with Crippen LogP contribution >= 0.6 is 11.3 Å². The number of benzene rings is 1. The van der Waals surface area contributed by atoms with Gasteiger partial charge in [-0.05, 0) is 44.2 Å². The average molecular weight is 353 g/mol.